The molecule has 4 nitrogen and oxygen atoms in total. The molecule has 1 atom stereocenters. The average Bonchev–Trinajstić information content (AvgIpc) is 2.60. The Balaban J connectivity index is 2.47. The summed E-state index contributed by atoms with van der Waals surface area (Å²) in [5.41, 5.74) is 1.07. The van der Waals surface area contributed by atoms with Crippen LogP contribution in [-0.4, -0.2) is 20.6 Å². The molecule has 1 aromatic rings. The molecule has 15 heavy (non-hydrogen) atoms. The normalized spacial score (nSPS) is 20.3. The third-order valence-electron chi connectivity index (χ3n) is 2.93. The SMILES string of the molecule is CC(C)c1ncc2n1C(C(=O)O)CCC2. The van der Waals surface area contributed by atoms with E-state index in [0.717, 1.165) is 30.8 Å². The van der Waals surface area contributed by atoms with Gasteiger partial charge >= 0.3 is 5.97 Å². The van der Waals surface area contributed by atoms with Crippen LogP contribution in [0, 0.1) is 0 Å². The number of aryl methyl sites for hydroxylation is 1. The summed E-state index contributed by atoms with van der Waals surface area (Å²) in [6.07, 6.45) is 4.44. The molecule has 2 rings (SSSR count). The van der Waals surface area contributed by atoms with Crippen LogP contribution in [0.15, 0.2) is 6.20 Å². The molecule has 1 aliphatic rings. The van der Waals surface area contributed by atoms with Crippen LogP contribution in [0.1, 0.15) is 50.2 Å². The smallest absolute Gasteiger partial charge is 0.326 e. The minimum Gasteiger partial charge on any atom is -0.480 e. The van der Waals surface area contributed by atoms with Crippen LogP contribution in [0.5, 0.6) is 0 Å². The van der Waals surface area contributed by atoms with Crippen molar-refractivity contribution in [3.8, 4) is 0 Å². The van der Waals surface area contributed by atoms with Crippen molar-refractivity contribution in [2.45, 2.75) is 45.1 Å². The first-order valence-corrected chi connectivity index (χ1v) is 5.40. The van der Waals surface area contributed by atoms with Gasteiger partial charge in [0.1, 0.15) is 11.9 Å². The van der Waals surface area contributed by atoms with Gasteiger partial charge in [-0.25, -0.2) is 9.78 Å². The molecule has 0 spiro atoms. The molecule has 1 unspecified atom stereocenters. The van der Waals surface area contributed by atoms with E-state index in [1.807, 2.05) is 24.6 Å². The van der Waals surface area contributed by atoms with Crippen LogP contribution < -0.4 is 0 Å². The standard InChI is InChI=1S/C11H16N2O2/c1-7(2)10-12-6-8-4-3-5-9(11(14)15)13(8)10/h6-7,9H,3-5H2,1-2H3,(H,14,15). The van der Waals surface area contributed by atoms with Crippen molar-refractivity contribution < 1.29 is 9.90 Å². The fraction of sp³-hybridized carbons (Fsp3) is 0.636. The molecule has 0 aliphatic carbocycles. The Kier molecular flexibility index (Phi) is 2.50. The van der Waals surface area contributed by atoms with E-state index in [2.05, 4.69) is 4.98 Å². The lowest BCUT2D eigenvalue weighted by molar-refractivity contribution is -0.141. The van der Waals surface area contributed by atoms with Crippen molar-refractivity contribution in [3.63, 3.8) is 0 Å². The summed E-state index contributed by atoms with van der Waals surface area (Å²) in [5.74, 6) is 0.437. The fourth-order valence-corrected chi connectivity index (χ4v) is 2.22. The Morgan fingerprint density at radius 1 is 1.67 bits per heavy atom. The lowest BCUT2D eigenvalue weighted by Gasteiger charge is -2.24. The molecule has 0 bridgehead atoms. The van der Waals surface area contributed by atoms with Crippen LogP contribution in [-0.2, 0) is 11.2 Å². The second kappa shape index (κ2) is 3.68. The summed E-state index contributed by atoms with van der Waals surface area (Å²) in [5, 5.41) is 9.16. The lowest BCUT2D eigenvalue weighted by Crippen LogP contribution is -2.26. The average molecular weight is 208 g/mol. The van der Waals surface area contributed by atoms with E-state index < -0.39 is 12.0 Å². The first-order valence-electron chi connectivity index (χ1n) is 5.40. The van der Waals surface area contributed by atoms with Gasteiger partial charge in [-0.05, 0) is 19.3 Å². The molecule has 4 heteroatoms. The molecule has 0 saturated heterocycles. The van der Waals surface area contributed by atoms with Gasteiger partial charge in [0, 0.05) is 17.8 Å². The quantitative estimate of drug-likeness (QED) is 0.808. The van der Waals surface area contributed by atoms with E-state index in [1.54, 1.807) is 0 Å². The number of hydrogen-bond acceptors (Lipinski definition) is 2. The van der Waals surface area contributed by atoms with Gasteiger partial charge < -0.3 is 9.67 Å². The summed E-state index contributed by atoms with van der Waals surface area (Å²) in [7, 11) is 0. The summed E-state index contributed by atoms with van der Waals surface area (Å²) < 4.78 is 1.91. The monoisotopic (exact) mass is 208 g/mol. The van der Waals surface area contributed by atoms with Gasteiger partial charge in [-0.2, -0.15) is 0 Å². The number of carbonyl (C=O) groups is 1. The van der Waals surface area contributed by atoms with Crippen molar-refractivity contribution in [2.75, 3.05) is 0 Å². The summed E-state index contributed by atoms with van der Waals surface area (Å²) in [6, 6.07) is -0.409. The number of hydrogen-bond donors (Lipinski definition) is 1. The third kappa shape index (κ3) is 1.64. The minimum absolute atomic E-state index is 0.277. The zero-order valence-electron chi connectivity index (χ0n) is 9.10. The highest BCUT2D eigenvalue weighted by atomic mass is 16.4. The Bertz CT molecular complexity index is 382. The molecule has 0 saturated carbocycles. The van der Waals surface area contributed by atoms with Crippen LogP contribution in [0.3, 0.4) is 0 Å². The molecule has 2 heterocycles. The maximum Gasteiger partial charge on any atom is 0.326 e. The highest BCUT2D eigenvalue weighted by Crippen LogP contribution is 2.29. The van der Waals surface area contributed by atoms with Crippen LogP contribution >= 0.6 is 0 Å². The second-order valence-corrected chi connectivity index (χ2v) is 4.38. The molecule has 0 fully saturated rings. The second-order valence-electron chi connectivity index (χ2n) is 4.38. The van der Waals surface area contributed by atoms with E-state index >= 15 is 0 Å². The number of aliphatic carboxylic acids is 1. The van der Waals surface area contributed by atoms with E-state index in [1.165, 1.54) is 0 Å². The Morgan fingerprint density at radius 2 is 2.40 bits per heavy atom. The zero-order valence-corrected chi connectivity index (χ0v) is 9.10. The first kappa shape index (κ1) is 10.2. The molecular formula is C11H16N2O2. The Labute approximate surface area is 88.9 Å². The summed E-state index contributed by atoms with van der Waals surface area (Å²) >= 11 is 0. The van der Waals surface area contributed by atoms with Gasteiger partial charge in [0.2, 0.25) is 0 Å². The van der Waals surface area contributed by atoms with Crippen LogP contribution in [0.25, 0.3) is 0 Å². The fourth-order valence-electron chi connectivity index (χ4n) is 2.22. The number of aromatic nitrogens is 2. The van der Waals surface area contributed by atoms with Crippen LogP contribution in [0.4, 0.5) is 0 Å². The molecule has 1 N–H and O–H groups in total. The molecule has 1 aliphatic heterocycles. The number of imidazole rings is 1. The zero-order chi connectivity index (χ0) is 11.0. The molecule has 0 aromatic carbocycles. The number of rotatable bonds is 2. The number of carboxylic acids is 1. The number of carboxylic acid groups (broad SMARTS) is 1. The number of nitrogens with zero attached hydrogens (tertiary/aromatic N) is 2. The van der Waals surface area contributed by atoms with E-state index in [9.17, 15) is 4.79 Å². The van der Waals surface area contributed by atoms with Crippen molar-refractivity contribution in [3.05, 3.63) is 17.7 Å². The Morgan fingerprint density at radius 3 is 3.00 bits per heavy atom. The Hall–Kier alpha value is -1.32. The van der Waals surface area contributed by atoms with Crippen molar-refractivity contribution >= 4 is 5.97 Å². The maximum absolute atomic E-state index is 11.1. The molecule has 1 aromatic heterocycles. The molecular weight excluding hydrogens is 192 g/mol. The van der Waals surface area contributed by atoms with E-state index in [0.29, 0.717) is 0 Å². The molecule has 0 radical (unpaired) electrons. The number of fused-ring (bicyclic) bond motifs is 1. The van der Waals surface area contributed by atoms with Crippen LogP contribution in [0.2, 0.25) is 0 Å². The highest BCUT2D eigenvalue weighted by molar-refractivity contribution is 5.72. The summed E-state index contributed by atoms with van der Waals surface area (Å²) in [4.78, 5) is 15.5. The summed E-state index contributed by atoms with van der Waals surface area (Å²) in [6.45, 7) is 4.09. The topological polar surface area (TPSA) is 55.1 Å². The van der Waals surface area contributed by atoms with Gasteiger partial charge in [0.05, 0.1) is 0 Å². The lowest BCUT2D eigenvalue weighted by atomic mass is 10.0. The van der Waals surface area contributed by atoms with Gasteiger partial charge in [-0.3, -0.25) is 0 Å². The molecule has 0 amide bonds. The van der Waals surface area contributed by atoms with Crippen molar-refractivity contribution in [1.29, 1.82) is 0 Å². The van der Waals surface area contributed by atoms with Crippen molar-refractivity contribution in [1.82, 2.24) is 9.55 Å². The van der Waals surface area contributed by atoms with Gasteiger partial charge in [0.15, 0.2) is 0 Å². The van der Waals surface area contributed by atoms with E-state index in [-0.39, 0.29) is 5.92 Å². The van der Waals surface area contributed by atoms with Gasteiger partial charge in [0.25, 0.3) is 0 Å². The van der Waals surface area contributed by atoms with E-state index in [4.69, 9.17) is 5.11 Å². The predicted molar refractivity (Wildman–Crippen MR) is 55.9 cm³/mol. The highest BCUT2D eigenvalue weighted by Gasteiger charge is 2.28. The van der Waals surface area contributed by atoms with Crippen molar-refractivity contribution in [2.24, 2.45) is 0 Å². The predicted octanol–water partition coefficient (Wildman–Crippen LogP) is 1.97. The van der Waals surface area contributed by atoms with Gasteiger partial charge in [-0.1, -0.05) is 13.8 Å². The first-order chi connectivity index (χ1) is 7.11. The largest absolute Gasteiger partial charge is 0.480 e. The third-order valence-corrected chi connectivity index (χ3v) is 2.93. The maximum atomic E-state index is 11.1. The molecule has 82 valence electrons. The van der Waals surface area contributed by atoms with Gasteiger partial charge in [-0.15, -0.1) is 0 Å². The minimum atomic E-state index is -0.740.